The fourth-order valence-electron chi connectivity index (χ4n) is 2.98. The van der Waals surface area contributed by atoms with Gasteiger partial charge in [0.15, 0.2) is 6.61 Å². The van der Waals surface area contributed by atoms with Crippen LogP contribution < -0.4 is 10.1 Å². The van der Waals surface area contributed by atoms with Crippen molar-refractivity contribution in [3.63, 3.8) is 0 Å². The number of para-hydroxylation sites is 1. The van der Waals surface area contributed by atoms with Crippen molar-refractivity contribution in [1.29, 1.82) is 0 Å². The van der Waals surface area contributed by atoms with Crippen molar-refractivity contribution >= 4 is 11.6 Å². The van der Waals surface area contributed by atoms with Crippen LogP contribution in [0.1, 0.15) is 5.56 Å². The van der Waals surface area contributed by atoms with E-state index in [0.29, 0.717) is 11.4 Å². The Kier molecular flexibility index (Phi) is 5.33. The highest BCUT2D eigenvalue weighted by molar-refractivity contribution is 5.92. The molecule has 0 bridgehead atoms. The SMILES string of the molecule is Cc1ccccc1OCC(=O)Nc1ccc(-n2nncc2-c2ccccc2)cc1. The van der Waals surface area contributed by atoms with Crippen LogP contribution in [0.3, 0.4) is 0 Å². The van der Waals surface area contributed by atoms with Gasteiger partial charge in [0.05, 0.1) is 17.6 Å². The van der Waals surface area contributed by atoms with Crippen molar-refractivity contribution in [2.45, 2.75) is 6.92 Å². The van der Waals surface area contributed by atoms with Gasteiger partial charge in [-0.3, -0.25) is 4.79 Å². The summed E-state index contributed by atoms with van der Waals surface area (Å²) >= 11 is 0. The predicted molar refractivity (Wildman–Crippen MR) is 112 cm³/mol. The Morgan fingerprint density at radius 1 is 0.966 bits per heavy atom. The summed E-state index contributed by atoms with van der Waals surface area (Å²) in [6.07, 6.45) is 1.73. The van der Waals surface area contributed by atoms with Crippen LogP contribution in [0.15, 0.2) is 85.1 Å². The second-order valence-electron chi connectivity index (χ2n) is 6.55. The van der Waals surface area contributed by atoms with E-state index in [1.165, 1.54) is 0 Å². The van der Waals surface area contributed by atoms with Gasteiger partial charge in [-0.25, -0.2) is 4.68 Å². The van der Waals surface area contributed by atoms with E-state index in [9.17, 15) is 4.79 Å². The van der Waals surface area contributed by atoms with E-state index < -0.39 is 0 Å². The zero-order chi connectivity index (χ0) is 20.1. The zero-order valence-electron chi connectivity index (χ0n) is 15.9. The van der Waals surface area contributed by atoms with Crippen molar-refractivity contribution in [3.05, 3.63) is 90.6 Å². The van der Waals surface area contributed by atoms with E-state index >= 15 is 0 Å². The summed E-state index contributed by atoms with van der Waals surface area (Å²) in [4.78, 5) is 12.2. The molecule has 0 saturated heterocycles. The van der Waals surface area contributed by atoms with Crippen LogP contribution in [0, 0.1) is 6.92 Å². The van der Waals surface area contributed by atoms with Gasteiger partial charge in [0, 0.05) is 11.3 Å². The third-order valence-corrected chi connectivity index (χ3v) is 4.47. The molecule has 4 rings (SSSR count). The van der Waals surface area contributed by atoms with Crippen LogP contribution in [0.25, 0.3) is 16.9 Å². The predicted octanol–water partition coefficient (Wildman–Crippen LogP) is 4.26. The number of nitrogens with one attached hydrogen (secondary N) is 1. The first-order valence-electron chi connectivity index (χ1n) is 9.25. The van der Waals surface area contributed by atoms with Crippen LogP contribution >= 0.6 is 0 Å². The van der Waals surface area contributed by atoms with Crippen molar-refractivity contribution in [1.82, 2.24) is 15.0 Å². The third-order valence-electron chi connectivity index (χ3n) is 4.47. The standard InChI is InChI=1S/C23H20N4O2/c1-17-7-5-6-10-22(17)29-16-23(28)25-19-11-13-20(14-12-19)27-21(15-24-26-27)18-8-3-2-4-9-18/h2-15H,16H2,1H3,(H,25,28). The first-order valence-corrected chi connectivity index (χ1v) is 9.25. The first-order chi connectivity index (χ1) is 14.2. The molecule has 1 heterocycles. The molecule has 0 aliphatic heterocycles. The van der Waals surface area contributed by atoms with Crippen molar-refractivity contribution in [2.24, 2.45) is 0 Å². The number of hydrogen-bond donors (Lipinski definition) is 1. The molecule has 4 aromatic rings. The summed E-state index contributed by atoms with van der Waals surface area (Å²) < 4.78 is 7.35. The number of ether oxygens (including phenoxy) is 1. The van der Waals surface area contributed by atoms with Crippen molar-refractivity contribution < 1.29 is 9.53 Å². The van der Waals surface area contributed by atoms with Crippen LogP contribution in [0.4, 0.5) is 5.69 Å². The quantitative estimate of drug-likeness (QED) is 0.539. The minimum atomic E-state index is -0.216. The molecule has 6 heteroatoms. The number of nitrogens with zero attached hydrogens (tertiary/aromatic N) is 3. The van der Waals surface area contributed by atoms with E-state index in [0.717, 1.165) is 22.5 Å². The summed E-state index contributed by atoms with van der Waals surface area (Å²) in [5.74, 6) is 0.490. The Morgan fingerprint density at radius 2 is 1.69 bits per heavy atom. The lowest BCUT2D eigenvalue weighted by molar-refractivity contribution is -0.118. The van der Waals surface area contributed by atoms with Gasteiger partial charge >= 0.3 is 0 Å². The Bertz CT molecular complexity index is 1110. The average Bonchev–Trinajstić information content (AvgIpc) is 3.24. The Balaban J connectivity index is 1.42. The maximum Gasteiger partial charge on any atom is 0.262 e. The second kappa shape index (κ2) is 8.39. The Labute approximate surface area is 168 Å². The molecule has 0 aliphatic rings. The summed E-state index contributed by atoms with van der Waals surface area (Å²) in [5, 5.41) is 11.1. The highest BCUT2D eigenvalue weighted by Crippen LogP contribution is 2.22. The fourth-order valence-corrected chi connectivity index (χ4v) is 2.98. The van der Waals surface area contributed by atoms with Crippen LogP contribution in [-0.2, 0) is 4.79 Å². The van der Waals surface area contributed by atoms with Crippen molar-refractivity contribution in [2.75, 3.05) is 11.9 Å². The van der Waals surface area contributed by atoms with Crippen molar-refractivity contribution in [3.8, 4) is 22.7 Å². The van der Waals surface area contributed by atoms with E-state index in [4.69, 9.17) is 4.74 Å². The summed E-state index contributed by atoms with van der Waals surface area (Å²) in [7, 11) is 0. The number of amides is 1. The van der Waals surface area contributed by atoms with Crippen LogP contribution in [-0.4, -0.2) is 27.5 Å². The van der Waals surface area contributed by atoms with E-state index in [2.05, 4.69) is 15.6 Å². The molecule has 0 fully saturated rings. The first kappa shape index (κ1) is 18.4. The van der Waals surface area contributed by atoms with E-state index in [-0.39, 0.29) is 12.5 Å². The molecule has 0 atom stereocenters. The molecule has 144 valence electrons. The summed E-state index contributed by atoms with van der Waals surface area (Å²) in [5.41, 5.74) is 4.47. The van der Waals surface area contributed by atoms with Gasteiger partial charge in [0.25, 0.3) is 5.91 Å². The maximum atomic E-state index is 12.2. The third kappa shape index (κ3) is 4.32. The fraction of sp³-hybridized carbons (Fsp3) is 0.0870. The van der Waals surface area contributed by atoms with Gasteiger partial charge in [-0.1, -0.05) is 53.7 Å². The molecule has 0 saturated carbocycles. The van der Waals surface area contributed by atoms with Gasteiger partial charge in [-0.2, -0.15) is 0 Å². The minimum absolute atomic E-state index is 0.0478. The van der Waals surface area contributed by atoms with Crippen LogP contribution in [0.2, 0.25) is 0 Å². The second-order valence-corrected chi connectivity index (χ2v) is 6.55. The lowest BCUT2D eigenvalue weighted by atomic mass is 10.1. The Morgan fingerprint density at radius 3 is 2.45 bits per heavy atom. The van der Waals surface area contributed by atoms with Gasteiger partial charge in [-0.15, -0.1) is 5.10 Å². The largest absolute Gasteiger partial charge is 0.483 e. The highest BCUT2D eigenvalue weighted by atomic mass is 16.5. The lowest BCUT2D eigenvalue weighted by Gasteiger charge is -2.10. The number of aryl methyl sites for hydroxylation is 1. The molecule has 1 amide bonds. The van der Waals surface area contributed by atoms with Crippen LogP contribution in [0.5, 0.6) is 5.75 Å². The number of benzene rings is 3. The molecule has 6 nitrogen and oxygen atoms in total. The lowest BCUT2D eigenvalue weighted by Crippen LogP contribution is -2.20. The maximum absolute atomic E-state index is 12.2. The molecule has 1 N–H and O–H groups in total. The molecule has 0 radical (unpaired) electrons. The molecule has 0 spiro atoms. The molecule has 3 aromatic carbocycles. The van der Waals surface area contributed by atoms with E-state index in [1.54, 1.807) is 10.9 Å². The number of hydrogen-bond acceptors (Lipinski definition) is 4. The highest BCUT2D eigenvalue weighted by Gasteiger charge is 2.09. The van der Waals surface area contributed by atoms with Gasteiger partial charge in [0.2, 0.25) is 0 Å². The average molecular weight is 384 g/mol. The zero-order valence-corrected chi connectivity index (χ0v) is 15.9. The smallest absolute Gasteiger partial charge is 0.262 e. The molecular weight excluding hydrogens is 364 g/mol. The summed E-state index contributed by atoms with van der Waals surface area (Å²) in [6, 6.07) is 25.0. The monoisotopic (exact) mass is 384 g/mol. The van der Waals surface area contributed by atoms with Gasteiger partial charge in [0.1, 0.15) is 5.75 Å². The number of rotatable bonds is 6. The number of carbonyl (C=O) groups is 1. The molecule has 1 aromatic heterocycles. The molecular formula is C23H20N4O2. The number of anilines is 1. The summed E-state index contributed by atoms with van der Waals surface area (Å²) in [6.45, 7) is 1.90. The topological polar surface area (TPSA) is 69.0 Å². The van der Waals surface area contributed by atoms with Gasteiger partial charge < -0.3 is 10.1 Å². The van der Waals surface area contributed by atoms with Gasteiger partial charge in [-0.05, 0) is 42.8 Å². The molecule has 29 heavy (non-hydrogen) atoms. The number of aromatic nitrogens is 3. The molecule has 0 unspecified atom stereocenters. The molecule has 0 aliphatic carbocycles. The normalized spacial score (nSPS) is 10.5. The van der Waals surface area contributed by atoms with E-state index in [1.807, 2.05) is 85.8 Å². The Hall–Kier alpha value is -3.93. The minimum Gasteiger partial charge on any atom is -0.483 e. The number of carbonyl (C=O) groups excluding carboxylic acids is 1.